The van der Waals surface area contributed by atoms with Crippen molar-refractivity contribution in [3.05, 3.63) is 21.4 Å². The van der Waals surface area contributed by atoms with E-state index in [1.54, 1.807) is 11.3 Å². The number of rotatable bonds is 1. The third-order valence-corrected chi connectivity index (χ3v) is 4.06. The number of hydrogen-bond donors (Lipinski definition) is 1. The van der Waals surface area contributed by atoms with Gasteiger partial charge in [-0.15, -0.1) is 11.3 Å². The first kappa shape index (κ1) is 7.65. The first-order valence-electron chi connectivity index (χ1n) is 3.69. The minimum Gasteiger partial charge on any atom is -0.391 e. The van der Waals surface area contributed by atoms with Crippen LogP contribution in [0.25, 0.3) is 0 Å². The van der Waals surface area contributed by atoms with Gasteiger partial charge in [-0.1, -0.05) is 0 Å². The zero-order valence-electron chi connectivity index (χ0n) is 6.17. The molecule has 0 saturated carbocycles. The minimum absolute atomic E-state index is 0.211. The van der Waals surface area contributed by atoms with Gasteiger partial charge >= 0.3 is 0 Å². The van der Waals surface area contributed by atoms with E-state index in [9.17, 15) is 0 Å². The summed E-state index contributed by atoms with van der Waals surface area (Å²) in [6, 6.07) is 2.14. The van der Waals surface area contributed by atoms with E-state index in [4.69, 9.17) is 5.11 Å². The summed E-state index contributed by atoms with van der Waals surface area (Å²) < 4.78 is 0. The van der Waals surface area contributed by atoms with E-state index in [0.29, 0.717) is 0 Å². The number of fused-ring (bicyclic) bond motifs is 1. The topological polar surface area (TPSA) is 20.2 Å². The van der Waals surface area contributed by atoms with Gasteiger partial charge in [0, 0.05) is 15.5 Å². The van der Waals surface area contributed by atoms with E-state index < -0.39 is 0 Å². The monoisotopic (exact) mass is 186 g/mol. The SMILES string of the molecule is OCc1cc2c(s1)CCSC2. The second-order valence-electron chi connectivity index (χ2n) is 2.62. The van der Waals surface area contributed by atoms with Gasteiger partial charge in [0.25, 0.3) is 0 Å². The van der Waals surface area contributed by atoms with E-state index in [1.807, 2.05) is 11.8 Å². The molecule has 2 heterocycles. The molecule has 0 amide bonds. The maximum Gasteiger partial charge on any atom is 0.0774 e. The Morgan fingerprint density at radius 1 is 1.55 bits per heavy atom. The van der Waals surface area contributed by atoms with Gasteiger partial charge in [0.05, 0.1) is 6.61 Å². The standard InChI is InChI=1S/C8H10OS2/c9-4-7-3-6-5-10-2-1-8(6)11-7/h3,9H,1-2,4-5H2. The van der Waals surface area contributed by atoms with Gasteiger partial charge in [0.1, 0.15) is 0 Å². The Labute approximate surface area is 74.4 Å². The lowest BCUT2D eigenvalue weighted by Crippen LogP contribution is -1.96. The highest BCUT2D eigenvalue weighted by molar-refractivity contribution is 7.98. The summed E-state index contributed by atoms with van der Waals surface area (Å²) in [6.07, 6.45) is 1.20. The lowest BCUT2D eigenvalue weighted by Gasteiger charge is -2.08. The molecule has 2 rings (SSSR count). The van der Waals surface area contributed by atoms with Crippen molar-refractivity contribution in [2.75, 3.05) is 5.75 Å². The zero-order chi connectivity index (χ0) is 7.68. The fraction of sp³-hybridized carbons (Fsp3) is 0.500. The Bertz CT molecular complexity index is 231. The van der Waals surface area contributed by atoms with E-state index in [-0.39, 0.29) is 6.61 Å². The predicted molar refractivity (Wildman–Crippen MR) is 50.1 cm³/mol. The fourth-order valence-electron chi connectivity index (χ4n) is 1.29. The van der Waals surface area contributed by atoms with Crippen molar-refractivity contribution < 1.29 is 5.11 Å². The molecular formula is C8H10OS2. The van der Waals surface area contributed by atoms with Crippen LogP contribution in [0, 0.1) is 0 Å². The van der Waals surface area contributed by atoms with E-state index in [1.165, 1.54) is 22.6 Å². The van der Waals surface area contributed by atoms with Crippen LogP contribution in [0.15, 0.2) is 6.07 Å². The van der Waals surface area contributed by atoms with Gasteiger partial charge in [-0.05, 0) is 23.8 Å². The van der Waals surface area contributed by atoms with Gasteiger partial charge in [0.15, 0.2) is 0 Å². The summed E-state index contributed by atoms with van der Waals surface area (Å²) in [4.78, 5) is 2.62. The van der Waals surface area contributed by atoms with Crippen molar-refractivity contribution in [2.24, 2.45) is 0 Å². The number of aliphatic hydroxyl groups is 1. The van der Waals surface area contributed by atoms with Crippen molar-refractivity contribution in [3.8, 4) is 0 Å². The summed E-state index contributed by atoms with van der Waals surface area (Å²) in [5.74, 6) is 2.39. The van der Waals surface area contributed by atoms with Crippen LogP contribution < -0.4 is 0 Å². The second kappa shape index (κ2) is 3.17. The molecule has 1 aliphatic heterocycles. The molecule has 1 aromatic rings. The van der Waals surface area contributed by atoms with E-state index >= 15 is 0 Å². The van der Waals surface area contributed by atoms with Crippen molar-refractivity contribution in [2.45, 2.75) is 18.8 Å². The van der Waals surface area contributed by atoms with Crippen LogP contribution in [0.3, 0.4) is 0 Å². The molecule has 0 spiro atoms. The Hall–Kier alpha value is 0.01000. The summed E-state index contributed by atoms with van der Waals surface area (Å²) in [5.41, 5.74) is 1.45. The molecule has 3 heteroatoms. The molecule has 0 atom stereocenters. The van der Waals surface area contributed by atoms with Crippen LogP contribution in [0.5, 0.6) is 0 Å². The molecule has 0 bridgehead atoms. The number of thioether (sulfide) groups is 1. The third-order valence-electron chi connectivity index (χ3n) is 1.83. The lowest BCUT2D eigenvalue weighted by atomic mass is 10.2. The molecule has 0 aliphatic carbocycles. The fourth-order valence-corrected chi connectivity index (χ4v) is 3.53. The van der Waals surface area contributed by atoms with Crippen LogP contribution in [0.2, 0.25) is 0 Å². The average Bonchev–Trinajstić information content (AvgIpc) is 2.46. The molecule has 1 N–H and O–H groups in total. The van der Waals surface area contributed by atoms with Gasteiger partial charge in [-0.2, -0.15) is 11.8 Å². The lowest BCUT2D eigenvalue weighted by molar-refractivity contribution is 0.285. The highest BCUT2D eigenvalue weighted by Crippen LogP contribution is 2.31. The maximum atomic E-state index is 8.89. The van der Waals surface area contributed by atoms with E-state index in [2.05, 4.69) is 6.07 Å². The summed E-state index contributed by atoms with van der Waals surface area (Å²) in [5, 5.41) is 8.89. The summed E-state index contributed by atoms with van der Waals surface area (Å²) in [7, 11) is 0. The highest BCUT2D eigenvalue weighted by Gasteiger charge is 2.12. The number of thiophene rings is 1. The molecule has 0 fully saturated rings. The maximum absolute atomic E-state index is 8.89. The highest BCUT2D eigenvalue weighted by atomic mass is 32.2. The quantitative estimate of drug-likeness (QED) is 0.724. The molecule has 60 valence electrons. The largest absolute Gasteiger partial charge is 0.391 e. The first-order valence-corrected chi connectivity index (χ1v) is 5.66. The minimum atomic E-state index is 0.211. The molecule has 11 heavy (non-hydrogen) atoms. The number of hydrogen-bond acceptors (Lipinski definition) is 3. The van der Waals surface area contributed by atoms with Crippen LogP contribution in [0.1, 0.15) is 15.3 Å². The molecular weight excluding hydrogens is 176 g/mol. The van der Waals surface area contributed by atoms with Crippen molar-refractivity contribution >= 4 is 23.1 Å². The van der Waals surface area contributed by atoms with Gasteiger partial charge in [-0.25, -0.2) is 0 Å². The third kappa shape index (κ3) is 1.45. The van der Waals surface area contributed by atoms with Gasteiger partial charge in [0.2, 0.25) is 0 Å². The zero-order valence-corrected chi connectivity index (χ0v) is 7.80. The molecule has 1 nitrogen and oxygen atoms in total. The summed E-state index contributed by atoms with van der Waals surface area (Å²) >= 11 is 3.76. The molecule has 0 saturated heterocycles. The van der Waals surface area contributed by atoms with Crippen LogP contribution >= 0.6 is 23.1 Å². The second-order valence-corrected chi connectivity index (χ2v) is 4.95. The number of aliphatic hydroxyl groups excluding tert-OH is 1. The number of aryl methyl sites for hydroxylation is 1. The normalized spacial score (nSPS) is 16.5. The summed E-state index contributed by atoms with van der Waals surface area (Å²) in [6.45, 7) is 0.211. The van der Waals surface area contributed by atoms with Crippen LogP contribution in [-0.2, 0) is 18.8 Å². The Balaban J connectivity index is 2.32. The Morgan fingerprint density at radius 3 is 3.18 bits per heavy atom. The smallest absolute Gasteiger partial charge is 0.0774 e. The molecule has 1 aromatic heterocycles. The molecule has 0 aromatic carbocycles. The van der Waals surface area contributed by atoms with Gasteiger partial charge < -0.3 is 5.11 Å². The van der Waals surface area contributed by atoms with Crippen molar-refractivity contribution in [3.63, 3.8) is 0 Å². The Morgan fingerprint density at radius 2 is 2.45 bits per heavy atom. The first-order chi connectivity index (χ1) is 5.40. The average molecular weight is 186 g/mol. The molecule has 0 radical (unpaired) electrons. The van der Waals surface area contributed by atoms with Crippen molar-refractivity contribution in [1.82, 2.24) is 0 Å². The Kier molecular flexibility index (Phi) is 2.20. The van der Waals surface area contributed by atoms with Gasteiger partial charge in [-0.3, -0.25) is 0 Å². The van der Waals surface area contributed by atoms with Crippen molar-refractivity contribution in [1.29, 1.82) is 0 Å². The van der Waals surface area contributed by atoms with E-state index in [0.717, 1.165) is 10.6 Å². The van der Waals surface area contributed by atoms with Crippen LogP contribution in [0.4, 0.5) is 0 Å². The predicted octanol–water partition coefficient (Wildman–Crippen LogP) is 2.03. The molecule has 0 unspecified atom stereocenters. The van der Waals surface area contributed by atoms with Crippen LogP contribution in [-0.4, -0.2) is 10.9 Å². The molecule has 1 aliphatic rings.